The molecule has 1 unspecified atom stereocenters. The molecule has 0 radical (unpaired) electrons. The summed E-state index contributed by atoms with van der Waals surface area (Å²) >= 11 is 6.37. The van der Waals surface area contributed by atoms with E-state index in [4.69, 9.17) is 11.6 Å². The van der Waals surface area contributed by atoms with Crippen LogP contribution in [0.4, 0.5) is 0 Å². The second-order valence-corrected chi connectivity index (χ2v) is 6.23. The monoisotopic (exact) mass is 210 g/mol. The Morgan fingerprint density at radius 2 is 1.57 bits per heavy atom. The van der Waals surface area contributed by atoms with E-state index in [1.807, 2.05) is 0 Å². The maximum atomic E-state index is 11.9. The van der Waals surface area contributed by atoms with Gasteiger partial charge in [0, 0.05) is 10.8 Å². The second kappa shape index (κ2) is 2.07. The van der Waals surface area contributed by atoms with Crippen LogP contribution in [0.15, 0.2) is 0 Å². The van der Waals surface area contributed by atoms with E-state index in [0.29, 0.717) is 11.2 Å². The topological polar surface area (TPSA) is 17.1 Å². The fourth-order valence-corrected chi connectivity index (χ4v) is 5.07. The fourth-order valence-electron chi connectivity index (χ4n) is 4.29. The summed E-state index contributed by atoms with van der Waals surface area (Å²) < 4.78 is 0. The molecule has 4 rings (SSSR count). The molecule has 76 valence electrons. The van der Waals surface area contributed by atoms with E-state index in [2.05, 4.69) is 0 Å². The van der Waals surface area contributed by atoms with Crippen molar-refractivity contribution < 1.29 is 4.79 Å². The lowest BCUT2D eigenvalue weighted by molar-refractivity contribution is -0.151. The molecule has 0 aromatic carbocycles. The van der Waals surface area contributed by atoms with Crippen molar-refractivity contribution in [1.82, 2.24) is 0 Å². The van der Waals surface area contributed by atoms with Gasteiger partial charge in [-0.15, -0.1) is 11.6 Å². The van der Waals surface area contributed by atoms with E-state index in [0.717, 1.165) is 24.7 Å². The van der Waals surface area contributed by atoms with E-state index < -0.39 is 0 Å². The van der Waals surface area contributed by atoms with Crippen LogP contribution in [0.3, 0.4) is 0 Å². The highest BCUT2D eigenvalue weighted by Crippen LogP contribution is 2.82. The molecule has 0 saturated heterocycles. The van der Waals surface area contributed by atoms with Gasteiger partial charge in [-0.3, -0.25) is 4.79 Å². The number of carbonyl (C=O) groups is 1. The zero-order valence-electron chi connectivity index (χ0n) is 8.26. The number of ketones is 1. The summed E-state index contributed by atoms with van der Waals surface area (Å²) in [6.07, 6.45) is 7.68. The molecule has 0 N–H and O–H groups in total. The number of carbonyl (C=O) groups excluding carboxylic acids is 1. The first kappa shape index (κ1) is 8.15. The van der Waals surface area contributed by atoms with Crippen LogP contribution in [-0.2, 0) is 4.79 Å². The second-order valence-electron chi connectivity index (χ2n) is 5.79. The van der Waals surface area contributed by atoms with Gasteiger partial charge in [0.2, 0.25) is 0 Å². The molecule has 0 aliphatic heterocycles. The summed E-state index contributed by atoms with van der Waals surface area (Å²) in [5.41, 5.74) is 0.410. The van der Waals surface area contributed by atoms with Crippen molar-refractivity contribution in [3.05, 3.63) is 0 Å². The Balaban J connectivity index is 1.81. The molecule has 2 heteroatoms. The van der Waals surface area contributed by atoms with Gasteiger partial charge in [0.05, 0.1) is 5.38 Å². The summed E-state index contributed by atoms with van der Waals surface area (Å²) in [5, 5.41) is -0.106. The van der Waals surface area contributed by atoms with Gasteiger partial charge in [0.25, 0.3) is 0 Å². The Kier molecular flexibility index (Phi) is 1.20. The van der Waals surface area contributed by atoms with Crippen LogP contribution in [0.25, 0.3) is 0 Å². The molecule has 0 heterocycles. The SMILES string of the molecule is O=C1C(Cl)C(C2CC2)(C2CC2)C12CC2. The first-order valence-corrected chi connectivity index (χ1v) is 6.35. The number of hydrogen-bond acceptors (Lipinski definition) is 1. The van der Waals surface area contributed by atoms with Crippen LogP contribution in [0.5, 0.6) is 0 Å². The van der Waals surface area contributed by atoms with Gasteiger partial charge in [-0.05, 0) is 50.4 Å². The van der Waals surface area contributed by atoms with Crippen LogP contribution in [0, 0.1) is 22.7 Å². The smallest absolute Gasteiger partial charge is 0.158 e. The summed E-state index contributed by atoms with van der Waals surface area (Å²) in [5.74, 6) is 2.04. The Hall–Kier alpha value is -0.0400. The van der Waals surface area contributed by atoms with Crippen LogP contribution in [0.2, 0.25) is 0 Å². The molecule has 0 aromatic rings. The van der Waals surface area contributed by atoms with Gasteiger partial charge in [-0.1, -0.05) is 0 Å². The molecule has 0 aromatic heterocycles. The van der Waals surface area contributed by atoms with Gasteiger partial charge in [-0.2, -0.15) is 0 Å². The minimum absolute atomic E-state index is 0.106. The summed E-state index contributed by atoms with van der Waals surface area (Å²) in [6.45, 7) is 0. The molecular formula is C12H15ClO. The Bertz CT molecular complexity index is 311. The molecule has 14 heavy (non-hydrogen) atoms. The summed E-state index contributed by atoms with van der Waals surface area (Å²) in [6, 6.07) is 0. The lowest BCUT2D eigenvalue weighted by atomic mass is 9.50. The minimum Gasteiger partial charge on any atom is -0.297 e. The lowest BCUT2D eigenvalue weighted by Crippen LogP contribution is -2.63. The molecule has 4 aliphatic carbocycles. The Labute approximate surface area is 89.2 Å². The van der Waals surface area contributed by atoms with E-state index in [9.17, 15) is 4.79 Å². The maximum Gasteiger partial charge on any atom is 0.158 e. The number of rotatable bonds is 2. The normalized spacial score (nSPS) is 42.4. The van der Waals surface area contributed by atoms with E-state index in [1.165, 1.54) is 25.7 Å². The molecule has 1 atom stereocenters. The van der Waals surface area contributed by atoms with Crippen LogP contribution in [0.1, 0.15) is 38.5 Å². The zero-order chi connectivity index (χ0) is 9.55. The average molecular weight is 211 g/mol. The fraction of sp³-hybridized carbons (Fsp3) is 0.917. The van der Waals surface area contributed by atoms with Crippen LogP contribution in [-0.4, -0.2) is 11.2 Å². The number of hydrogen-bond donors (Lipinski definition) is 0. The van der Waals surface area contributed by atoms with E-state index in [-0.39, 0.29) is 10.8 Å². The zero-order valence-corrected chi connectivity index (χ0v) is 9.02. The number of Topliss-reactive ketones (excluding diaryl/α,β-unsaturated/α-hetero) is 1. The Morgan fingerprint density at radius 3 is 1.93 bits per heavy atom. The molecular weight excluding hydrogens is 196 g/mol. The van der Waals surface area contributed by atoms with Gasteiger partial charge < -0.3 is 0 Å². The van der Waals surface area contributed by atoms with Gasteiger partial charge in [-0.25, -0.2) is 0 Å². The Morgan fingerprint density at radius 1 is 1.07 bits per heavy atom. The predicted molar refractivity (Wildman–Crippen MR) is 54.2 cm³/mol. The van der Waals surface area contributed by atoms with E-state index >= 15 is 0 Å². The minimum atomic E-state index is -0.106. The average Bonchev–Trinajstić information content (AvgIpc) is 2.99. The highest BCUT2D eigenvalue weighted by atomic mass is 35.5. The number of halogens is 1. The largest absolute Gasteiger partial charge is 0.297 e. The summed E-state index contributed by atoms with van der Waals surface area (Å²) in [4.78, 5) is 11.9. The molecule has 4 saturated carbocycles. The first-order chi connectivity index (χ1) is 6.73. The van der Waals surface area contributed by atoms with Crippen molar-refractivity contribution in [2.24, 2.45) is 22.7 Å². The molecule has 4 aliphatic rings. The van der Waals surface area contributed by atoms with Crippen molar-refractivity contribution in [2.45, 2.75) is 43.9 Å². The van der Waals surface area contributed by atoms with Crippen molar-refractivity contribution in [1.29, 1.82) is 0 Å². The lowest BCUT2D eigenvalue weighted by Gasteiger charge is -2.54. The van der Waals surface area contributed by atoms with Crippen LogP contribution >= 0.6 is 11.6 Å². The standard InChI is InChI=1S/C12H15ClO/c13-9-10(14)11(5-6-11)12(9,7-1-2-7)8-3-4-8/h7-9H,1-6H2. The first-order valence-electron chi connectivity index (χ1n) is 5.92. The third-order valence-electron chi connectivity index (χ3n) is 5.21. The van der Waals surface area contributed by atoms with Gasteiger partial charge >= 0.3 is 0 Å². The highest BCUT2D eigenvalue weighted by molar-refractivity contribution is 6.36. The number of alkyl halides is 1. The third-order valence-corrected chi connectivity index (χ3v) is 5.77. The summed E-state index contributed by atoms with van der Waals surface area (Å²) in [7, 11) is 0. The predicted octanol–water partition coefficient (Wildman–Crippen LogP) is 2.76. The molecule has 0 bridgehead atoms. The van der Waals surface area contributed by atoms with Crippen molar-refractivity contribution in [2.75, 3.05) is 0 Å². The van der Waals surface area contributed by atoms with Gasteiger partial charge in [0.15, 0.2) is 5.78 Å². The van der Waals surface area contributed by atoms with E-state index in [1.54, 1.807) is 0 Å². The molecule has 1 spiro atoms. The molecule has 0 amide bonds. The van der Waals surface area contributed by atoms with Crippen molar-refractivity contribution in [3.8, 4) is 0 Å². The quantitative estimate of drug-likeness (QED) is 0.641. The highest BCUT2D eigenvalue weighted by Gasteiger charge is 2.83. The van der Waals surface area contributed by atoms with Crippen LogP contribution < -0.4 is 0 Å². The molecule has 4 fully saturated rings. The van der Waals surface area contributed by atoms with Gasteiger partial charge in [0.1, 0.15) is 0 Å². The van der Waals surface area contributed by atoms with Crippen molar-refractivity contribution in [3.63, 3.8) is 0 Å². The van der Waals surface area contributed by atoms with Crippen molar-refractivity contribution >= 4 is 17.4 Å². The maximum absolute atomic E-state index is 11.9. The third kappa shape index (κ3) is 0.625. The molecule has 1 nitrogen and oxygen atoms in total.